The second-order valence-corrected chi connectivity index (χ2v) is 8.44. The van der Waals surface area contributed by atoms with Crippen molar-refractivity contribution in [3.8, 4) is 11.3 Å². The number of amides is 1. The number of benzene rings is 2. The summed E-state index contributed by atoms with van der Waals surface area (Å²) in [4.78, 5) is 21.9. The zero-order chi connectivity index (χ0) is 25.1. The summed E-state index contributed by atoms with van der Waals surface area (Å²) in [5, 5.41) is 9.66. The molecule has 5 aromatic rings. The third-order valence-corrected chi connectivity index (χ3v) is 6.05. The fourth-order valence-electron chi connectivity index (χ4n) is 3.83. The van der Waals surface area contributed by atoms with Crippen LogP contribution in [0.4, 0.5) is 4.39 Å². The van der Waals surface area contributed by atoms with Gasteiger partial charge < -0.3 is 0 Å². The van der Waals surface area contributed by atoms with E-state index in [0.29, 0.717) is 45.1 Å². The Balaban J connectivity index is 1.39. The number of hydrogen-bond donors (Lipinski definition) is 1. The Morgan fingerprint density at radius 2 is 1.86 bits per heavy atom. The van der Waals surface area contributed by atoms with E-state index in [1.807, 2.05) is 36.4 Å². The van der Waals surface area contributed by atoms with Gasteiger partial charge in [-0.2, -0.15) is 10.2 Å². The fourth-order valence-corrected chi connectivity index (χ4v) is 4.11. The molecule has 0 bridgehead atoms. The first-order chi connectivity index (χ1) is 17.5. The highest BCUT2D eigenvalue weighted by Gasteiger charge is 2.15. The van der Waals surface area contributed by atoms with E-state index in [0.717, 1.165) is 11.1 Å². The molecule has 0 unspecified atom stereocenters. The molecular weight excluding hydrogens is 479 g/mol. The lowest BCUT2D eigenvalue weighted by Gasteiger charge is -2.09. The van der Waals surface area contributed by atoms with Crippen LogP contribution in [0.15, 0.2) is 84.2 Å². The molecule has 178 valence electrons. The summed E-state index contributed by atoms with van der Waals surface area (Å²) >= 11 is 6.52. The maximum absolute atomic E-state index is 13.2. The van der Waals surface area contributed by atoms with Crippen LogP contribution in [-0.4, -0.2) is 31.9 Å². The van der Waals surface area contributed by atoms with Crippen LogP contribution in [0, 0.1) is 12.7 Å². The summed E-state index contributed by atoms with van der Waals surface area (Å²) in [5.74, 6) is -0.687. The second kappa shape index (κ2) is 10.1. The van der Waals surface area contributed by atoms with Crippen LogP contribution in [-0.2, 0) is 6.54 Å². The van der Waals surface area contributed by atoms with E-state index in [1.165, 1.54) is 18.3 Å². The molecule has 3 heterocycles. The fraction of sp³-hybridized carbons (Fsp3) is 0.0741. The van der Waals surface area contributed by atoms with Crippen molar-refractivity contribution in [3.05, 3.63) is 112 Å². The van der Waals surface area contributed by atoms with Gasteiger partial charge in [0, 0.05) is 23.3 Å². The number of hydrogen-bond acceptors (Lipinski definition) is 5. The molecule has 3 aromatic heterocycles. The van der Waals surface area contributed by atoms with Gasteiger partial charge in [0.1, 0.15) is 11.0 Å². The summed E-state index contributed by atoms with van der Waals surface area (Å²) < 4.78 is 14.8. The summed E-state index contributed by atoms with van der Waals surface area (Å²) in [6, 6.07) is 19.0. The van der Waals surface area contributed by atoms with E-state index in [2.05, 4.69) is 25.6 Å². The molecule has 2 aromatic carbocycles. The predicted octanol–water partition coefficient (Wildman–Crippen LogP) is 5.41. The molecule has 1 N–H and O–H groups in total. The number of carbonyl (C=O) groups excluding carboxylic acids is 1. The van der Waals surface area contributed by atoms with Gasteiger partial charge in [-0.3, -0.25) is 9.78 Å². The van der Waals surface area contributed by atoms with Gasteiger partial charge >= 0.3 is 0 Å². The first-order valence-electron chi connectivity index (χ1n) is 11.1. The molecular formula is C27H20ClFN6O. The van der Waals surface area contributed by atoms with Crippen molar-refractivity contribution >= 4 is 34.6 Å². The summed E-state index contributed by atoms with van der Waals surface area (Å²) in [5.41, 5.74) is 7.32. The molecule has 0 spiro atoms. The number of aryl methyl sites for hydroxylation is 1. The Bertz CT molecular complexity index is 1580. The molecule has 7 nitrogen and oxygen atoms in total. The average molecular weight is 499 g/mol. The molecule has 0 aliphatic carbocycles. The Kier molecular flexibility index (Phi) is 6.51. The topological polar surface area (TPSA) is 85.1 Å². The van der Waals surface area contributed by atoms with Crippen LogP contribution in [0.25, 0.3) is 22.2 Å². The predicted molar refractivity (Wildman–Crippen MR) is 138 cm³/mol. The lowest BCUT2D eigenvalue weighted by atomic mass is 10.0. The number of pyridine rings is 2. The van der Waals surface area contributed by atoms with Gasteiger partial charge in [0.15, 0.2) is 0 Å². The number of nitrogens with one attached hydrogen (secondary N) is 1. The molecule has 0 aliphatic rings. The van der Waals surface area contributed by atoms with Crippen molar-refractivity contribution in [2.45, 2.75) is 13.5 Å². The Morgan fingerprint density at radius 1 is 1.11 bits per heavy atom. The van der Waals surface area contributed by atoms with Crippen LogP contribution >= 0.6 is 11.6 Å². The quantitative estimate of drug-likeness (QED) is 0.251. The number of hydrazone groups is 1. The van der Waals surface area contributed by atoms with Crippen molar-refractivity contribution in [2.75, 3.05) is 0 Å². The number of rotatable bonds is 6. The highest BCUT2D eigenvalue weighted by Crippen LogP contribution is 2.25. The molecule has 5 rings (SSSR count). The van der Waals surface area contributed by atoms with Gasteiger partial charge in [-0.15, -0.1) is 0 Å². The van der Waals surface area contributed by atoms with E-state index >= 15 is 0 Å². The molecule has 36 heavy (non-hydrogen) atoms. The molecule has 0 radical (unpaired) electrons. The molecule has 0 saturated carbocycles. The van der Waals surface area contributed by atoms with Crippen LogP contribution in [0.3, 0.4) is 0 Å². The zero-order valence-electron chi connectivity index (χ0n) is 19.2. The van der Waals surface area contributed by atoms with Crippen molar-refractivity contribution in [1.82, 2.24) is 25.2 Å². The maximum Gasteiger partial charge on any atom is 0.272 e. The van der Waals surface area contributed by atoms with Gasteiger partial charge in [0.2, 0.25) is 0 Å². The molecule has 0 aliphatic heterocycles. The number of nitrogens with zero attached hydrogens (tertiary/aromatic N) is 5. The van der Waals surface area contributed by atoms with Crippen molar-refractivity contribution in [2.24, 2.45) is 5.10 Å². The molecule has 0 fully saturated rings. The normalized spacial score (nSPS) is 11.3. The van der Waals surface area contributed by atoms with E-state index in [4.69, 9.17) is 11.6 Å². The van der Waals surface area contributed by atoms with Crippen molar-refractivity contribution < 1.29 is 9.18 Å². The zero-order valence-corrected chi connectivity index (χ0v) is 19.9. The number of fused-ring (bicyclic) bond motifs is 1. The minimum Gasteiger partial charge on any atom is -0.267 e. The average Bonchev–Trinajstić information content (AvgIpc) is 3.17. The standard InChI is InChI=1S/C27H20ClFN6O/c1-17-23(26(28)35(34-17)16-18-6-8-20(29)9-7-18)15-31-33-27(36)22-14-25(19-10-12-30-13-11-19)32-24-5-3-2-4-21(22)24/h2-15H,16H2,1H3,(H,33,36). The molecule has 1 amide bonds. The highest BCUT2D eigenvalue weighted by molar-refractivity contribution is 6.32. The SMILES string of the molecule is Cc1nn(Cc2ccc(F)cc2)c(Cl)c1C=NNC(=O)c1cc(-c2ccncc2)nc2ccccc12. The lowest BCUT2D eigenvalue weighted by molar-refractivity contribution is 0.0956. The first kappa shape index (κ1) is 23.3. The minimum atomic E-state index is -0.382. The Morgan fingerprint density at radius 3 is 2.64 bits per heavy atom. The summed E-state index contributed by atoms with van der Waals surface area (Å²) in [6.45, 7) is 2.18. The molecule has 0 saturated heterocycles. The van der Waals surface area contributed by atoms with Crippen LogP contribution in [0.2, 0.25) is 5.15 Å². The minimum absolute atomic E-state index is 0.306. The molecule has 0 atom stereocenters. The van der Waals surface area contributed by atoms with Gasteiger partial charge in [-0.05, 0) is 48.9 Å². The van der Waals surface area contributed by atoms with E-state index in [-0.39, 0.29) is 11.7 Å². The van der Waals surface area contributed by atoms with E-state index in [1.54, 1.807) is 42.2 Å². The van der Waals surface area contributed by atoms with E-state index in [9.17, 15) is 9.18 Å². The summed E-state index contributed by atoms with van der Waals surface area (Å²) in [7, 11) is 0. The first-order valence-corrected chi connectivity index (χ1v) is 11.5. The van der Waals surface area contributed by atoms with Gasteiger partial charge in [-0.25, -0.2) is 19.5 Å². The van der Waals surface area contributed by atoms with E-state index < -0.39 is 0 Å². The number of halogens is 2. The molecule has 9 heteroatoms. The number of para-hydroxylation sites is 1. The summed E-state index contributed by atoms with van der Waals surface area (Å²) in [6.07, 6.45) is 4.83. The van der Waals surface area contributed by atoms with Crippen molar-refractivity contribution in [3.63, 3.8) is 0 Å². The third-order valence-electron chi connectivity index (χ3n) is 5.65. The number of aromatic nitrogens is 4. The van der Waals surface area contributed by atoms with Gasteiger partial charge in [-0.1, -0.05) is 41.9 Å². The van der Waals surface area contributed by atoms with Crippen LogP contribution in [0.1, 0.15) is 27.2 Å². The maximum atomic E-state index is 13.2. The monoisotopic (exact) mass is 498 g/mol. The second-order valence-electron chi connectivity index (χ2n) is 8.08. The van der Waals surface area contributed by atoms with Crippen molar-refractivity contribution in [1.29, 1.82) is 0 Å². The smallest absolute Gasteiger partial charge is 0.267 e. The lowest BCUT2D eigenvalue weighted by Crippen LogP contribution is -2.18. The van der Waals surface area contributed by atoms with Gasteiger partial charge in [0.05, 0.1) is 40.8 Å². The van der Waals surface area contributed by atoms with Crippen LogP contribution in [0.5, 0.6) is 0 Å². The number of carbonyl (C=O) groups is 1. The van der Waals surface area contributed by atoms with Crippen LogP contribution < -0.4 is 5.43 Å². The highest BCUT2D eigenvalue weighted by atomic mass is 35.5. The largest absolute Gasteiger partial charge is 0.272 e. The Hall–Kier alpha value is -4.43. The third kappa shape index (κ3) is 4.85. The Labute approximate surface area is 211 Å². The van der Waals surface area contributed by atoms with Gasteiger partial charge in [0.25, 0.3) is 5.91 Å².